The van der Waals surface area contributed by atoms with Crippen LogP contribution in [0.2, 0.25) is 0 Å². The molecule has 2 aliphatic rings. The van der Waals surface area contributed by atoms with Gasteiger partial charge in [0.25, 0.3) is 0 Å². The van der Waals surface area contributed by atoms with Crippen LogP contribution >= 0.6 is 11.6 Å². The van der Waals surface area contributed by atoms with Gasteiger partial charge >= 0.3 is 0 Å². The van der Waals surface area contributed by atoms with Gasteiger partial charge in [-0.2, -0.15) is 0 Å². The van der Waals surface area contributed by atoms with Crippen LogP contribution in [0.5, 0.6) is 0 Å². The van der Waals surface area contributed by atoms with E-state index in [1.807, 2.05) is 0 Å². The maximum atomic E-state index is 5.93. The number of alkyl halides is 1. The number of hydrogen-bond acceptors (Lipinski definition) is 1. The van der Waals surface area contributed by atoms with Crippen molar-refractivity contribution in [2.24, 2.45) is 17.8 Å². The van der Waals surface area contributed by atoms with E-state index in [1.54, 1.807) is 0 Å². The van der Waals surface area contributed by atoms with E-state index in [4.69, 9.17) is 11.6 Å². The van der Waals surface area contributed by atoms with Crippen molar-refractivity contribution in [2.45, 2.75) is 32.1 Å². The smallest absolute Gasteiger partial charge is 0.0254 e. The summed E-state index contributed by atoms with van der Waals surface area (Å²) in [6.45, 7) is 2.47. The van der Waals surface area contributed by atoms with Gasteiger partial charge in [-0.25, -0.2) is 0 Å². The minimum absolute atomic E-state index is 0.799. The predicted molar refractivity (Wildman–Crippen MR) is 57.1 cm³/mol. The summed E-state index contributed by atoms with van der Waals surface area (Å²) in [6.07, 6.45) is 7.06. The van der Waals surface area contributed by atoms with Crippen LogP contribution in [-0.2, 0) is 0 Å². The molecule has 2 fully saturated rings. The predicted octanol–water partition coefficient (Wildman–Crippen LogP) is 2.64. The lowest BCUT2D eigenvalue weighted by molar-refractivity contribution is 0.393. The zero-order valence-electron chi connectivity index (χ0n) is 8.27. The third kappa shape index (κ3) is 2.85. The van der Waals surface area contributed by atoms with E-state index in [0.29, 0.717) is 0 Å². The largest absolute Gasteiger partial charge is 0.316 e. The van der Waals surface area contributed by atoms with Gasteiger partial charge in [0.05, 0.1) is 0 Å². The van der Waals surface area contributed by atoms with Crippen molar-refractivity contribution in [3.63, 3.8) is 0 Å². The Morgan fingerprint density at radius 3 is 2.46 bits per heavy atom. The monoisotopic (exact) mass is 201 g/mol. The van der Waals surface area contributed by atoms with Crippen LogP contribution in [0, 0.1) is 17.8 Å². The second-order valence-electron chi connectivity index (χ2n) is 4.71. The minimum atomic E-state index is 0.799. The SMILES string of the molecule is ClCC1CCCC1CNCC1CC1. The van der Waals surface area contributed by atoms with Crippen LogP contribution < -0.4 is 5.32 Å². The Kier molecular flexibility index (Phi) is 3.51. The third-order valence-corrected chi connectivity index (χ3v) is 3.95. The molecule has 0 aromatic heterocycles. The first-order valence-electron chi connectivity index (χ1n) is 5.67. The van der Waals surface area contributed by atoms with E-state index in [9.17, 15) is 0 Å². The van der Waals surface area contributed by atoms with Gasteiger partial charge < -0.3 is 5.32 Å². The first kappa shape index (κ1) is 9.79. The van der Waals surface area contributed by atoms with E-state index < -0.39 is 0 Å². The van der Waals surface area contributed by atoms with E-state index >= 15 is 0 Å². The van der Waals surface area contributed by atoms with Crippen molar-refractivity contribution in [1.29, 1.82) is 0 Å². The highest BCUT2D eigenvalue weighted by Crippen LogP contribution is 2.32. The first-order valence-corrected chi connectivity index (χ1v) is 6.20. The molecule has 0 aromatic rings. The molecule has 2 saturated carbocycles. The summed E-state index contributed by atoms with van der Waals surface area (Å²) in [5.41, 5.74) is 0. The van der Waals surface area contributed by atoms with Crippen molar-refractivity contribution < 1.29 is 0 Å². The fourth-order valence-corrected chi connectivity index (χ4v) is 2.79. The summed E-state index contributed by atoms with van der Waals surface area (Å²) in [7, 11) is 0. The lowest BCUT2D eigenvalue weighted by Crippen LogP contribution is -2.27. The van der Waals surface area contributed by atoms with Crippen LogP contribution in [0.1, 0.15) is 32.1 Å². The van der Waals surface area contributed by atoms with Crippen LogP contribution in [-0.4, -0.2) is 19.0 Å². The lowest BCUT2D eigenvalue weighted by Gasteiger charge is -2.17. The average molecular weight is 202 g/mol. The molecule has 1 N–H and O–H groups in total. The quantitative estimate of drug-likeness (QED) is 0.675. The number of hydrogen-bond donors (Lipinski definition) is 1. The van der Waals surface area contributed by atoms with Crippen molar-refractivity contribution >= 4 is 11.6 Å². The van der Waals surface area contributed by atoms with Crippen molar-refractivity contribution in [3.05, 3.63) is 0 Å². The molecular formula is C11H20ClN. The number of halogens is 1. The topological polar surface area (TPSA) is 12.0 Å². The van der Waals surface area contributed by atoms with Crippen molar-refractivity contribution in [1.82, 2.24) is 5.32 Å². The van der Waals surface area contributed by atoms with Gasteiger partial charge in [-0.05, 0) is 56.5 Å². The summed E-state index contributed by atoms with van der Waals surface area (Å²) >= 11 is 5.93. The second kappa shape index (κ2) is 4.65. The van der Waals surface area contributed by atoms with Gasteiger partial charge in [0.15, 0.2) is 0 Å². The van der Waals surface area contributed by atoms with Gasteiger partial charge in [0, 0.05) is 5.88 Å². The molecule has 2 unspecified atom stereocenters. The highest BCUT2D eigenvalue weighted by atomic mass is 35.5. The highest BCUT2D eigenvalue weighted by molar-refractivity contribution is 6.18. The Morgan fingerprint density at radius 2 is 1.77 bits per heavy atom. The Labute approximate surface area is 86.2 Å². The Balaban J connectivity index is 1.61. The average Bonchev–Trinajstić information content (AvgIpc) is 2.84. The summed E-state index contributed by atoms with van der Waals surface area (Å²) in [6, 6.07) is 0. The van der Waals surface area contributed by atoms with Crippen LogP contribution in [0.15, 0.2) is 0 Å². The molecule has 0 radical (unpaired) electrons. The molecule has 2 aliphatic carbocycles. The second-order valence-corrected chi connectivity index (χ2v) is 5.02. The Hall–Kier alpha value is 0.250. The van der Waals surface area contributed by atoms with Crippen molar-refractivity contribution in [2.75, 3.05) is 19.0 Å². The molecule has 2 rings (SSSR count). The molecule has 0 spiro atoms. The molecule has 0 bridgehead atoms. The van der Waals surface area contributed by atoms with E-state index in [-0.39, 0.29) is 0 Å². The Morgan fingerprint density at radius 1 is 1.00 bits per heavy atom. The molecule has 13 heavy (non-hydrogen) atoms. The molecular weight excluding hydrogens is 182 g/mol. The van der Waals surface area contributed by atoms with Crippen LogP contribution in [0.4, 0.5) is 0 Å². The van der Waals surface area contributed by atoms with Crippen LogP contribution in [0.25, 0.3) is 0 Å². The molecule has 0 aromatic carbocycles. The molecule has 2 atom stereocenters. The first-order chi connectivity index (χ1) is 6.40. The van der Waals surface area contributed by atoms with Gasteiger partial charge in [-0.15, -0.1) is 11.6 Å². The molecule has 0 heterocycles. The minimum Gasteiger partial charge on any atom is -0.316 e. The molecule has 0 amide bonds. The summed E-state index contributed by atoms with van der Waals surface area (Å²) in [4.78, 5) is 0. The Bertz CT molecular complexity index is 156. The van der Waals surface area contributed by atoms with Gasteiger partial charge in [0.1, 0.15) is 0 Å². The zero-order valence-corrected chi connectivity index (χ0v) is 9.02. The summed E-state index contributed by atoms with van der Waals surface area (Å²) < 4.78 is 0. The molecule has 0 aliphatic heterocycles. The number of rotatable bonds is 5. The fraction of sp³-hybridized carbons (Fsp3) is 1.00. The van der Waals surface area contributed by atoms with Crippen molar-refractivity contribution in [3.8, 4) is 0 Å². The summed E-state index contributed by atoms with van der Waals surface area (Å²) in [5.74, 6) is 3.55. The fourth-order valence-electron chi connectivity index (χ4n) is 2.38. The maximum absolute atomic E-state index is 5.93. The van der Waals surface area contributed by atoms with Gasteiger partial charge in [-0.1, -0.05) is 6.42 Å². The van der Waals surface area contributed by atoms with E-state index in [1.165, 1.54) is 45.2 Å². The highest BCUT2D eigenvalue weighted by Gasteiger charge is 2.27. The summed E-state index contributed by atoms with van der Waals surface area (Å²) in [5, 5.41) is 3.59. The van der Waals surface area contributed by atoms with E-state index in [0.717, 1.165) is 23.6 Å². The lowest BCUT2D eigenvalue weighted by atomic mass is 9.98. The molecule has 76 valence electrons. The van der Waals surface area contributed by atoms with E-state index in [2.05, 4.69) is 5.32 Å². The normalized spacial score (nSPS) is 33.9. The van der Waals surface area contributed by atoms with Gasteiger partial charge in [-0.3, -0.25) is 0 Å². The molecule has 0 saturated heterocycles. The number of nitrogens with one attached hydrogen (secondary N) is 1. The maximum Gasteiger partial charge on any atom is 0.0254 e. The van der Waals surface area contributed by atoms with Gasteiger partial charge in [0.2, 0.25) is 0 Å². The zero-order chi connectivity index (χ0) is 9.10. The van der Waals surface area contributed by atoms with Crippen LogP contribution in [0.3, 0.4) is 0 Å². The third-order valence-electron chi connectivity index (χ3n) is 3.55. The molecule has 2 heteroatoms. The standard InChI is InChI=1S/C11H20ClN/c12-6-10-2-1-3-11(10)8-13-7-9-4-5-9/h9-11,13H,1-8H2. The molecule has 1 nitrogen and oxygen atoms in total.